The van der Waals surface area contributed by atoms with Gasteiger partial charge in [0.2, 0.25) is 5.88 Å². The number of halogens is 1. The maximum Gasteiger partial charge on any atom is 0.251 e. The highest BCUT2D eigenvalue weighted by Crippen LogP contribution is 2.29. The number of nitrogens with one attached hydrogen (secondary N) is 2. The van der Waals surface area contributed by atoms with Crippen LogP contribution in [0.2, 0.25) is 0 Å². The number of amides is 1. The molecule has 0 unspecified atom stereocenters. The number of rotatable bonds is 7. The highest BCUT2D eigenvalue weighted by molar-refractivity contribution is 7.59. The molecule has 0 aliphatic rings. The summed E-state index contributed by atoms with van der Waals surface area (Å²) in [5.74, 6) is 0.300. The minimum Gasteiger partial charge on any atom is -0.481 e. The van der Waals surface area contributed by atoms with Crippen molar-refractivity contribution in [2.75, 3.05) is 26.0 Å². The highest BCUT2D eigenvalue weighted by atomic mass is 32.1. The molecule has 4 aromatic rings. The van der Waals surface area contributed by atoms with E-state index in [2.05, 4.69) is 30.6 Å². The average Bonchev–Trinajstić information content (AvgIpc) is 2.87. The number of nitrogens with zero attached hydrogens (tertiary/aromatic N) is 4. The standard InChI is InChI=1S/C24H23FN6O2.H2S/c1-14(16-5-6-18(25)22-17(24(32)26-2)8-9-27-23(16)22)11-28-20-10-19(30-13-31-20)15-4-7-21(33-3)29-12-15;/h4-10,12-14H,11H2,1-3H3,(H,26,32)(H,28,30,31);1H2/t14-;/m1./s1. The average molecular weight is 481 g/mol. The van der Waals surface area contributed by atoms with Gasteiger partial charge in [0, 0.05) is 55.0 Å². The van der Waals surface area contributed by atoms with Crippen molar-refractivity contribution in [3.05, 3.63) is 72.1 Å². The molecule has 1 amide bonds. The molecule has 0 saturated carbocycles. The van der Waals surface area contributed by atoms with Crippen molar-refractivity contribution in [2.24, 2.45) is 0 Å². The lowest BCUT2D eigenvalue weighted by Crippen LogP contribution is -2.19. The van der Waals surface area contributed by atoms with E-state index in [4.69, 9.17) is 4.74 Å². The summed E-state index contributed by atoms with van der Waals surface area (Å²) in [5.41, 5.74) is 3.12. The van der Waals surface area contributed by atoms with Crippen LogP contribution in [-0.4, -0.2) is 46.5 Å². The van der Waals surface area contributed by atoms with Gasteiger partial charge in [0.25, 0.3) is 5.91 Å². The molecule has 0 aliphatic carbocycles. The second kappa shape index (κ2) is 10.9. The van der Waals surface area contributed by atoms with Gasteiger partial charge in [0.15, 0.2) is 0 Å². The molecule has 1 atom stereocenters. The first-order valence-electron chi connectivity index (χ1n) is 10.4. The number of pyridine rings is 2. The molecule has 0 aliphatic heterocycles. The molecular weight excluding hydrogens is 455 g/mol. The van der Waals surface area contributed by atoms with Gasteiger partial charge in [-0.25, -0.2) is 19.3 Å². The van der Waals surface area contributed by atoms with Crippen LogP contribution in [0.1, 0.15) is 28.8 Å². The van der Waals surface area contributed by atoms with Crippen LogP contribution in [0.25, 0.3) is 22.2 Å². The minimum atomic E-state index is -0.478. The molecule has 0 saturated heterocycles. The van der Waals surface area contributed by atoms with E-state index in [9.17, 15) is 9.18 Å². The predicted octanol–water partition coefficient (Wildman–Crippen LogP) is 3.92. The third-order valence-electron chi connectivity index (χ3n) is 5.37. The van der Waals surface area contributed by atoms with Crippen molar-refractivity contribution in [2.45, 2.75) is 12.8 Å². The molecule has 0 fully saturated rings. The molecule has 0 bridgehead atoms. The van der Waals surface area contributed by atoms with Crippen molar-refractivity contribution in [3.63, 3.8) is 0 Å². The molecule has 8 nitrogen and oxygen atoms in total. The Labute approximate surface area is 203 Å². The molecule has 4 rings (SSSR count). The van der Waals surface area contributed by atoms with E-state index in [1.807, 2.05) is 19.1 Å². The van der Waals surface area contributed by atoms with Crippen molar-refractivity contribution in [3.8, 4) is 17.1 Å². The maximum absolute atomic E-state index is 14.6. The number of aromatic nitrogens is 4. The third-order valence-corrected chi connectivity index (χ3v) is 5.37. The van der Waals surface area contributed by atoms with Gasteiger partial charge in [-0.2, -0.15) is 13.5 Å². The zero-order valence-corrected chi connectivity index (χ0v) is 20.0. The van der Waals surface area contributed by atoms with Crippen LogP contribution in [0.5, 0.6) is 5.88 Å². The van der Waals surface area contributed by atoms with E-state index in [0.717, 1.165) is 16.8 Å². The lowest BCUT2D eigenvalue weighted by Gasteiger charge is -2.17. The number of benzene rings is 1. The number of carbonyl (C=O) groups is 1. The lowest BCUT2D eigenvalue weighted by molar-refractivity contribution is 0.0964. The van der Waals surface area contributed by atoms with Crippen molar-refractivity contribution >= 4 is 36.1 Å². The van der Waals surface area contributed by atoms with Gasteiger partial charge in [0.05, 0.1) is 23.9 Å². The van der Waals surface area contributed by atoms with E-state index in [-0.39, 0.29) is 36.3 Å². The van der Waals surface area contributed by atoms with Gasteiger partial charge < -0.3 is 15.4 Å². The van der Waals surface area contributed by atoms with Crippen LogP contribution < -0.4 is 15.4 Å². The smallest absolute Gasteiger partial charge is 0.251 e. The number of fused-ring (bicyclic) bond motifs is 1. The quantitative estimate of drug-likeness (QED) is 0.413. The first kappa shape index (κ1) is 24.8. The summed E-state index contributed by atoms with van der Waals surface area (Å²) >= 11 is 0. The minimum absolute atomic E-state index is 0. The zero-order chi connectivity index (χ0) is 23.4. The van der Waals surface area contributed by atoms with E-state index in [0.29, 0.717) is 23.8 Å². The Kier molecular flexibility index (Phi) is 7.95. The zero-order valence-electron chi connectivity index (χ0n) is 19.0. The molecular formula is C24H25FN6O2S. The van der Waals surface area contributed by atoms with Crippen LogP contribution in [-0.2, 0) is 0 Å². The van der Waals surface area contributed by atoms with Gasteiger partial charge in [-0.15, -0.1) is 0 Å². The molecule has 0 radical (unpaired) electrons. The van der Waals surface area contributed by atoms with Crippen LogP contribution >= 0.6 is 13.5 Å². The van der Waals surface area contributed by atoms with Gasteiger partial charge in [-0.05, 0) is 23.8 Å². The molecule has 10 heteroatoms. The first-order chi connectivity index (χ1) is 16.0. The monoisotopic (exact) mass is 480 g/mol. The number of methoxy groups -OCH3 is 1. The molecule has 3 aromatic heterocycles. The van der Waals surface area contributed by atoms with Gasteiger partial charge >= 0.3 is 0 Å². The van der Waals surface area contributed by atoms with Crippen LogP contribution in [0.4, 0.5) is 10.2 Å². The van der Waals surface area contributed by atoms with E-state index in [1.54, 1.807) is 25.4 Å². The Morgan fingerprint density at radius 3 is 2.65 bits per heavy atom. The van der Waals surface area contributed by atoms with Crippen molar-refractivity contribution in [1.82, 2.24) is 25.3 Å². The molecule has 34 heavy (non-hydrogen) atoms. The molecule has 0 spiro atoms. The van der Waals surface area contributed by atoms with Gasteiger partial charge in [0.1, 0.15) is 18.0 Å². The second-order valence-electron chi connectivity index (χ2n) is 7.46. The Bertz CT molecular complexity index is 1300. The maximum atomic E-state index is 14.6. The SMILES string of the molecule is CNC(=O)c1ccnc2c([C@H](C)CNc3cc(-c4ccc(OC)nc4)ncn3)ccc(F)c12.S. The lowest BCUT2D eigenvalue weighted by atomic mass is 9.95. The van der Waals surface area contributed by atoms with Crippen LogP contribution in [0, 0.1) is 5.82 Å². The van der Waals surface area contributed by atoms with Crippen LogP contribution in [0.3, 0.4) is 0 Å². The van der Waals surface area contributed by atoms with Crippen LogP contribution in [0.15, 0.2) is 55.1 Å². The normalized spacial score (nSPS) is 11.4. The van der Waals surface area contributed by atoms with E-state index < -0.39 is 5.82 Å². The summed E-state index contributed by atoms with van der Waals surface area (Å²) in [6.45, 7) is 2.52. The first-order valence-corrected chi connectivity index (χ1v) is 10.4. The molecule has 3 heterocycles. The van der Waals surface area contributed by atoms with Gasteiger partial charge in [-0.3, -0.25) is 9.78 Å². The fourth-order valence-electron chi connectivity index (χ4n) is 3.60. The fraction of sp³-hybridized carbons (Fsp3) is 0.208. The van der Waals surface area contributed by atoms with E-state index >= 15 is 0 Å². The van der Waals surface area contributed by atoms with Gasteiger partial charge in [-0.1, -0.05) is 13.0 Å². The Balaban J connectivity index is 0.00000324. The Morgan fingerprint density at radius 1 is 1.12 bits per heavy atom. The number of carbonyl (C=O) groups excluding carboxylic acids is 1. The Morgan fingerprint density at radius 2 is 1.94 bits per heavy atom. The number of ether oxygens (including phenoxy) is 1. The molecule has 2 N–H and O–H groups in total. The molecule has 1 aromatic carbocycles. The summed E-state index contributed by atoms with van der Waals surface area (Å²) in [7, 11) is 3.08. The van der Waals surface area contributed by atoms with Crippen molar-refractivity contribution < 1.29 is 13.9 Å². The summed E-state index contributed by atoms with van der Waals surface area (Å²) < 4.78 is 19.7. The predicted molar refractivity (Wildman–Crippen MR) is 134 cm³/mol. The summed E-state index contributed by atoms with van der Waals surface area (Å²) in [5, 5.41) is 6.08. The number of hydrogen-bond donors (Lipinski definition) is 2. The number of anilines is 1. The topological polar surface area (TPSA) is 102 Å². The highest BCUT2D eigenvalue weighted by Gasteiger charge is 2.18. The third kappa shape index (κ3) is 5.07. The second-order valence-corrected chi connectivity index (χ2v) is 7.46. The fourth-order valence-corrected chi connectivity index (χ4v) is 3.60. The summed E-state index contributed by atoms with van der Waals surface area (Å²) in [6, 6.07) is 10.1. The number of hydrogen-bond acceptors (Lipinski definition) is 7. The summed E-state index contributed by atoms with van der Waals surface area (Å²) in [6.07, 6.45) is 4.70. The largest absolute Gasteiger partial charge is 0.481 e. The van der Waals surface area contributed by atoms with Crippen molar-refractivity contribution in [1.29, 1.82) is 0 Å². The summed E-state index contributed by atoms with van der Waals surface area (Å²) in [4.78, 5) is 29.4. The Hall–Kier alpha value is -3.79. The van der Waals surface area contributed by atoms with E-state index in [1.165, 1.54) is 31.7 Å². The molecule has 176 valence electrons.